The average Bonchev–Trinajstić information content (AvgIpc) is 2.74. The van der Waals surface area contributed by atoms with Crippen molar-refractivity contribution < 1.29 is 0 Å². The molecule has 2 rings (SSSR count). The molecule has 2 N–H and O–H groups in total. The van der Waals surface area contributed by atoms with E-state index in [-0.39, 0.29) is 6.04 Å². The van der Waals surface area contributed by atoms with Gasteiger partial charge in [-0.2, -0.15) is 11.3 Å². The molecule has 0 aliphatic carbocycles. The highest BCUT2D eigenvalue weighted by Crippen LogP contribution is 2.25. The number of hydrogen-bond acceptors (Lipinski definition) is 2. The van der Waals surface area contributed by atoms with E-state index in [1.54, 1.807) is 11.3 Å². The van der Waals surface area contributed by atoms with Crippen LogP contribution in [0, 0.1) is 6.92 Å². The number of benzene rings is 1. The van der Waals surface area contributed by atoms with Crippen molar-refractivity contribution in [3.63, 3.8) is 0 Å². The normalized spacial score (nSPS) is 12.7. The van der Waals surface area contributed by atoms with Crippen LogP contribution in [0.4, 0.5) is 0 Å². The zero-order valence-electron chi connectivity index (χ0n) is 8.41. The van der Waals surface area contributed by atoms with Crippen molar-refractivity contribution >= 4 is 22.9 Å². The number of rotatable bonds is 2. The number of thiophene rings is 1. The molecule has 3 heteroatoms. The topological polar surface area (TPSA) is 26.0 Å². The smallest absolute Gasteiger partial charge is 0.0560 e. The Bertz CT molecular complexity index is 451. The molecule has 78 valence electrons. The highest BCUT2D eigenvalue weighted by Gasteiger charge is 2.09. The van der Waals surface area contributed by atoms with Crippen molar-refractivity contribution in [3.05, 3.63) is 56.7 Å². The molecule has 0 saturated carbocycles. The summed E-state index contributed by atoms with van der Waals surface area (Å²) in [5, 5.41) is 4.88. The van der Waals surface area contributed by atoms with Gasteiger partial charge >= 0.3 is 0 Å². The third-order valence-electron chi connectivity index (χ3n) is 2.46. The highest BCUT2D eigenvalue weighted by molar-refractivity contribution is 7.08. The van der Waals surface area contributed by atoms with Crippen LogP contribution in [0.15, 0.2) is 35.0 Å². The van der Waals surface area contributed by atoms with Crippen molar-refractivity contribution in [3.8, 4) is 0 Å². The fraction of sp³-hybridized carbons (Fsp3) is 0.167. The lowest BCUT2D eigenvalue weighted by molar-refractivity contribution is 0.876. The minimum atomic E-state index is -0.0747. The summed E-state index contributed by atoms with van der Waals surface area (Å²) in [5.41, 5.74) is 9.41. The quantitative estimate of drug-likeness (QED) is 0.846. The Hall–Kier alpha value is -0.830. The maximum atomic E-state index is 6.13. The average molecular weight is 238 g/mol. The van der Waals surface area contributed by atoms with Gasteiger partial charge in [0.25, 0.3) is 0 Å². The maximum Gasteiger partial charge on any atom is 0.0560 e. The van der Waals surface area contributed by atoms with Gasteiger partial charge in [-0.3, -0.25) is 0 Å². The van der Waals surface area contributed by atoms with E-state index in [1.165, 1.54) is 0 Å². The first-order chi connectivity index (χ1) is 7.18. The molecule has 0 aliphatic heterocycles. The molecule has 0 amide bonds. The van der Waals surface area contributed by atoms with Crippen LogP contribution in [0.2, 0.25) is 5.02 Å². The first-order valence-corrected chi connectivity index (χ1v) is 6.04. The van der Waals surface area contributed by atoms with Gasteiger partial charge in [0, 0.05) is 5.02 Å². The van der Waals surface area contributed by atoms with Gasteiger partial charge in [-0.05, 0) is 46.5 Å². The molecule has 1 aromatic heterocycles. The van der Waals surface area contributed by atoms with E-state index < -0.39 is 0 Å². The first-order valence-electron chi connectivity index (χ1n) is 4.72. The summed E-state index contributed by atoms with van der Waals surface area (Å²) in [6.07, 6.45) is 0. The fourth-order valence-corrected chi connectivity index (χ4v) is 2.33. The zero-order chi connectivity index (χ0) is 10.8. The molecular formula is C12H12ClNS. The summed E-state index contributed by atoms with van der Waals surface area (Å²) in [6.45, 7) is 1.99. The molecular weight excluding hydrogens is 226 g/mol. The van der Waals surface area contributed by atoms with Crippen LogP contribution >= 0.6 is 22.9 Å². The molecule has 0 radical (unpaired) electrons. The number of halogens is 1. The molecule has 1 atom stereocenters. The molecule has 1 aromatic carbocycles. The Kier molecular flexibility index (Phi) is 3.10. The Balaban J connectivity index is 2.34. The highest BCUT2D eigenvalue weighted by atomic mass is 35.5. The molecule has 1 nitrogen and oxygen atoms in total. The van der Waals surface area contributed by atoms with Gasteiger partial charge in [0.1, 0.15) is 0 Å². The van der Waals surface area contributed by atoms with E-state index in [0.717, 1.165) is 21.7 Å². The number of nitrogens with two attached hydrogens (primary N) is 1. The predicted molar refractivity (Wildman–Crippen MR) is 66.5 cm³/mol. The standard InChI is InChI=1S/C12H12ClNS/c1-8-2-3-9(6-11(8)13)12(14)10-4-5-15-7-10/h2-7,12H,14H2,1H3. The summed E-state index contributed by atoms with van der Waals surface area (Å²) < 4.78 is 0. The van der Waals surface area contributed by atoms with Gasteiger partial charge < -0.3 is 5.73 Å². The molecule has 0 bridgehead atoms. The SMILES string of the molecule is Cc1ccc(C(N)c2ccsc2)cc1Cl. The third-order valence-corrected chi connectivity index (χ3v) is 3.57. The number of hydrogen-bond donors (Lipinski definition) is 1. The van der Waals surface area contributed by atoms with E-state index in [9.17, 15) is 0 Å². The summed E-state index contributed by atoms with van der Waals surface area (Å²) in [7, 11) is 0. The lowest BCUT2D eigenvalue weighted by atomic mass is 10.0. The Morgan fingerprint density at radius 3 is 2.67 bits per heavy atom. The lowest BCUT2D eigenvalue weighted by Crippen LogP contribution is -2.10. The Morgan fingerprint density at radius 1 is 1.27 bits per heavy atom. The number of aryl methyl sites for hydroxylation is 1. The zero-order valence-corrected chi connectivity index (χ0v) is 9.98. The van der Waals surface area contributed by atoms with E-state index in [2.05, 4.69) is 5.38 Å². The van der Waals surface area contributed by atoms with Gasteiger partial charge in [0.2, 0.25) is 0 Å². The molecule has 0 spiro atoms. The molecule has 0 saturated heterocycles. The van der Waals surface area contributed by atoms with Crippen LogP contribution in [-0.2, 0) is 0 Å². The first kappa shape index (κ1) is 10.7. The van der Waals surface area contributed by atoms with Crippen molar-refractivity contribution in [1.29, 1.82) is 0 Å². The summed E-state index contributed by atoms with van der Waals surface area (Å²) >= 11 is 7.72. The van der Waals surface area contributed by atoms with Gasteiger partial charge in [-0.15, -0.1) is 0 Å². The molecule has 15 heavy (non-hydrogen) atoms. The maximum absolute atomic E-state index is 6.13. The predicted octanol–water partition coefficient (Wildman–Crippen LogP) is 3.76. The fourth-order valence-electron chi connectivity index (χ4n) is 1.45. The minimum Gasteiger partial charge on any atom is -0.320 e. The van der Waals surface area contributed by atoms with E-state index in [1.807, 2.05) is 36.6 Å². The van der Waals surface area contributed by atoms with E-state index in [4.69, 9.17) is 17.3 Å². The minimum absolute atomic E-state index is 0.0747. The van der Waals surface area contributed by atoms with Crippen molar-refractivity contribution in [2.24, 2.45) is 5.73 Å². The van der Waals surface area contributed by atoms with Gasteiger partial charge in [0.05, 0.1) is 6.04 Å². The molecule has 1 heterocycles. The van der Waals surface area contributed by atoms with Gasteiger partial charge in [-0.25, -0.2) is 0 Å². The van der Waals surface area contributed by atoms with Crippen molar-refractivity contribution in [2.45, 2.75) is 13.0 Å². The molecule has 0 aliphatic rings. The largest absolute Gasteiger partial charge is 0.320 e. The second-order valence-corrected chi connectivity index (χ2v) is 4.73. The summed E-state index contributed by atoms with van der Waals surface area (Å²) in [5.74, 6) is 0. The van der Waals surface area contributed by atoms with Crippen LogP contribution in [0.3, 0.4) is 0 Å². The lowest BCUT2D eigenvalue weighted by Gasteiger charge is -2.11. The van der Waals surface area contributed by atoms with Crippen molar-refractivity contribution in [1.82, 2.24) is 0 Å². The Morgan fingerprint density at radius 2 is 2.07 bits per heavy atom. The Labute approximate surface area is 98.5 Å². The van der Waals surface area contributed by atoms with Crippen LogP contribution < -0.4 is 5.73 Å². The van der Waals surface area contributed by atoms with Crippen LogP contribution in [-0.4, -0.2) is 0 Å². The summed E-state index contributed by atoms with van der Waals surface area (Å²) in [4.78, 5) is 0. The molecule has 1 unspecified atom stereocenters. The summed E-state index contributed by atoms with van der Waals surface area (Å²) in [6, 6.07) is 7.95. The van der Waals surface area contributed by atoms with Crippen LogP contribution in [0.25, 0.3) is 0 Å². The van der Waals surface area contributed by atoms with Gasteiger partial charge in [0.15, 0.2) is 0 Å². The van der Waals surface area contributed by atoms with E-state index in [0.29, 0.717) is 0 Å². The second kappa shape index (κ2) is 4.35. The van der Waals surface area contributed by atoms with E-state index >= 15 is 0 Å². The van der Waals surface area contributed by atoms with Crippen molar-refractivity contribution in [2.75, 3.05) is 0 Å². The monoisotopic (exact) mass is 237 g/mol. The third kappa shape index (κ3) is 2.23. The molecule has 0 fully saturated rings. The second-order valence-electron chi connectivity index (χ2n) is 3.54. The van der Waals surface area contributed by atoms with Crippen LogP contribution in [0.5, 0.6) is 0 Å². The van der Waals surface area contributed by atoms with Crippen LogP contribution in [0.1, 0.15) is 22.7 Å². The molecule has 2 aromatic rings. The van der Waals surface area contributed by atoms with Gasteiger partial charge in [-0.1, -0.05) is 23.7 Å².